The number of nitrogens with zero attached hydrogens (tertiary/aromatic N) is 3. The van der Waals surface area contributed by atoms with Gasteiger partial charge < -0.3 is 10.2 Å². The molecule has 2 heterocycles. The second kappa shape index (κ2) is 7.21. The van der Waals surface area contributed by atoms with Gasteiger partial charge >= 0.3 is 0 Å². The van der Waals surface area contributed by atoms with E-state index in [4.69, 9.17) is 0 Å². The Balaban J connectivity index is 1.64. The van der Waals surface area contributed by atoms with E-state index < -0.39 is 0 Å². The molecule has 2 aromatic rings. The zero-order valence-corrected chi connectivity index (χ0v) is 12.7. The second-order valence-electron chi connectivity index (χ2n) is 4.79. The van der Waals surface area contributed by atoms with E-state index >= 15 is 0 Å². The number of rotatable bonds is 7. The van der Waals surface area contributed by atoms with Crippen LogP contribution in [0.1, 0.15) is 10.4 Å². The maximum Gasteiger partial charge on any atom is 0.236 e. The van der Waals surface area contributed by atoms with Crippen LogP contribution in [-0.2, 0) is 17.9 Å². The van der Waals surface area contributed by atoms with Crippen LogP contribution in [0.4, 0.5) is 0 Å². The summed E-state index contributed by atoms with van der Waals surface area (Å²) in [6.45, 7) is 4.56. The molecule has 0 spiro atoms. The van der Waals surface area contributed by atoms with Gasteiger partial charge in [-0.2, -0.15) is 5.10 Å². The fourth-order valence-corrected chi connectivity index (χ4v) is 2.59. The minimum atomic E-state index is 0.107. The van der Waals surface area contributed by atoms with E-state index in [-0.39, 0.29) is 5.91 Å². The monoisotopic (exact) mass is 292 g/mol. The molecule has 0 saturated carbocycles. The molecule has 0 aliphatic carbocycles. The lowest BCUT2D eigenvalue weighted by Crippen LogP contribution is -2.36. The number of hydrogen-bond acceptors (Lipinski definition) is 4. The summed E-state index contributed by atoms with van der Waals surface area (Å²) in [6, 6.07) is 4.05. The van der Waals surface area contributed by atoms with Gasteiger partial charge in [0.05, 0.1) is 25.8 Å². The van der Waals surface area contributed by atoms with E-state index in [1.165, 1.54) is 4.88 Å². The van der Waals surface area contributed by atoms with E-state index in [2.05, 4.69) is 10.4 Å². The predicted molar refractivity (Wildman–Crippen MR) is 80.6 cm³/mol. The number of nitrogens with one attached hydrogen (secondary N) is 1. The zero-order chi connectivity index (χ0) is 14.4. The number of carbonyl (C=O) groups excluding carboxylic acids is 1. The topological polar surface area (TPSA) is 50.2 Å². The van der Waals surface area contributed by atoms with Gasteiger partial charge in [0.15, 0.2) is 0 Å². The van der Waals surface area contributed by atoms with E-state index in [0.717, 1.165) is 18.7 Å². The van der Waals surface area contributed by atoms with Gasteiger partial charge in [0, 0.05) is 24.7 Å². The van der Waals surface area contributed by atoms with Crippen LogP contribution in [0.25, 0.3) is 0 Å². The van der Waals surface area contributed by atoms with E-state index in [9.17, 15) is 4.79 Å². The van der Waals surface area contributed by atoms with Crippen molar-refractivity contribution in [2.45, 2.75) is 20.0 Å². The van der Waals surface area contributed by atoms with Crippen molar-refractivity contribution < 1.29 is 4.79 Å². The Kier molecular flexibility index (Phi) is 5.31. The molecule has 0 fully saturated rings. The molecule has 108 valence electrons. The second-order valence-corrected chi connectivity index (χ2v) is 5.82. The molecule has 0 aliphatic heterocycles. The number of hydrogen-bond donors (Lipinski definition) is 1. The molecular weight excluding hydrogens is 272 g/mol. The van der Waals surface area contributed by atoms with Crippen LogP contribution in [0, 0.1) is 6.92 Å². The molecular formula is C14H20N4OS. The van der Waals surface area contributed by atoms with Crippen molar-refractivity contribution >= 4 is 17.2 Å². The fraction of sp³-hybridized carbons (Fsp3) is 0.429. The first-order chi connectivity index (χ1) is 9.65. The first kappa shape index (κ1) is 14.7. The highest BCUT2D eigenvalue weighted by Crippen LogP contribution is 2.10. The number of carbonyl (C=O) groups is 1. The molecule has 1 amide bonds. The fourth-order valence-electron chi connectivity index (χ4n) is 1.84. The number of likely N-dealkylation sites (N-methyl/N-ethyl adjacent to an activating group) is 1. The van der Waals surface area contributed by atoms with Crippen LogP contribution in [0.15, 0.2) is 29.9 Å². The summed E-state index contributed by atoms with van der Waals surface area (Å²) < 4.78 is 1.88. The Hall–Kier alpha value is -1.66. The van der Waals surface area contributed by atoms with Crippen LogP contribution < -0.4 is 5.32 Å². The third-order valence-electron chi connectivity index (χ3n) is 2.96. The van der Waals surface area contributed by atoms with Gasteiger partial charge in [0.2, 0.25) is 5.91 Å². The van der Waals surface area contributed by atoms with Gasteiger partial charge in [-0.1, -0.05) is 6.07 Å². The van der Waals surface area contributed by atoms with Crippen molar-refractivity contribution in [3.63, 3.8) is 0 Å². The molecule has 0 aliphatic rings. The first-order valence-electron chi connectivity index (χ1n) is 6.61. The van der Waals surface area contributed by atoms with Crippen molar-refractivity contribution in [2.24, 2.45) is 0 Å². The van der Waals surface area contributed by atoms with Crippen LogP contribution in [0.3, 0.4) is 0 Å². The van der Waals surface area contributed by atoms with Gasteiger partial charge in [-0.05, 0) is 23.9 Å². The average molecular weight is 292 g/mol. The molecule has 2 rings (SSSR count). The summed E-state index contributed by atoms with van der Waals surface area (Å²) in [6.07, 6.45) is 3.83. The maximum atomic E-state index is 11.9. The van der Waals surface area contributed by atoms with Crippen LogP contribution >= 0.6 is 11.3 Å². The van der Waals surface area contributed by atoms with E-state index in [1.807, 2.05) is 48.6 Å². The van der Waals surface area contributed by atoms with Crippen molar-refractivity contribution in [1.29, 1.82) is 0 Å². The van der Waals surface area contributed by atoms with Crippen molar-refractivity contribution in [1.82, 2.24) is 20.0 Å². The minimum Gasteiger partial charge on any atom is -0.340 e. The first-order valence-corrected chi connectivity index (χ1v) is 7.49. The lowest BCUT2D eigenvalue weighted by Gasteiger charge is -2.16. The maximum absolute atomic E-state index is 11.9. The quantitative estimate of drug-likeness (QED) is 0.787. The Morgan fingerprint density at radius 3 is 3.05 bits per heavy atom. The molecule has 5 nitrogen and oxygen atoms in total. The van der Waals surface area contributed by atoms with Gasteiger partial charge in [-0.25, -0.2) is 0 Å². The minimum absolute atomic E-state index is 0.107. The summed E-state index contributed by atoms with van der Waals surface area (Å²) in [5, 5.41) is 9.38. The molecule has 20 heavy (non-hydrogen) atoms. The van der Waals surface area contributed by atoms with E-state index in [0.29, 0.717) is 13.1 Å². The SMILES string of the molecule is Cc1cnn(CCNCC(=O)N(C)Cc2cccs2)c1. The van der Waals surface area contributed by atoms with Crippen molar-refractivity contribution in [2.75, 3.05) is 20.1 Å². The molecule has 0 bridgehead atoms. The lowest BCUT2D eigenvalue weighted by molar-refractivity contribution is -0.129. The number of amides is 1. The highest BCUT2D eigenvalue weighted by molar-refractivity contribution is 7.09. The highest BCUT2D eigenvalue weighted by atomic mass is 32.1. The van der Waals surface area contributed by atoms with Crippen LogP contribution in [0.2, 0.25) is 0 Å². The van der Waals surface area contributed by atoms with Crippen LogP contribution in [-0.4, -0.2) is 40.7 Å². The molecule has 0 unspecified atom stereocenters. The average Bonchev–Trinajstić information content (AvgIpc) is 3.06. The number of aromatic nitrogens is 2. The summed E-state index contributed by atoms with van der Waals surface area (Å²) in [5.74, 6) is 0.107. The molecule has 0 saturated heterocycles. The summed E-state index contributed by atoms with van der Waals surface area (Å²) in [5.41, 5.74) is 1.15. The summed E-state index contributed by atoms with van der Waals surface area (Å²) in [7, 11) is 1.83. The highest BCUT2D eigenvalue weighted by Gasteiger charge is 2.08. The van der Waals surface area contributed by atoms with Crippen molar-refractivity contribution in [3.8, 4) is 0 Å². The molecule has 1 N–H and O–H groups in total. The normalized spacial score (nSPS) is 10.7. The Labute approximate surface area is 123 Å². The zero-order valence-electron chi connectivity index (χ0n) is 11.9. The summed E-state index contributed by atoms with van der Waals surface area (Å²) in [4.78, 5) is 14.9. The van der Waals surface area contributed by atoms with E-state index in [1.54, 1.807) is 16.2 Å². The molecule has 6 heteroatoms. The third-order valence-corrected chi connectivity index (χ3v) is 3.82. The van der Waals surface area contributed by atoms with Gasteiger partial charge in [-0.15, -0.1) is 11.3 Å². The standard InChI is InChI=1S/C14H20N4OS/c1-12-8-16-18(10-12)6-5-15-9-14(19)17(2)11-13-4-3-7-20-13/h3-4,7-8,10,15H,5-6,9,11H2,1-2H3. The summed E-state index contributed by atoms with van der Waals surface area (Å²) >= 11 is 1.67. The molecule has 0 radical (unpaired) electrons. The smallest absolute Gasteiger partial charge is 0.236 e. The largest absolute Gasteiger partial charge is 0.340 e. The van der Waals surface area contributed by atoms with Gasteiger partial charge in [0.1, 0.15) is 0 Å². The molecule has 0 aromatic carbocycles. The molecule has 0 atom stereocenters. The predicted octanol–water partition coefficient (Wildman–Crippen LogP) is 1.50. The Morgan fingerprint density at radius 1 is 1.55 bits per heavy atom. The van der Waals surface area contributed by atoms with Crippen molar-refractivity contribution in [3.05, 3.63) is 40.3 Å². The number of aryl methyl sites for hydroxylation is 1. The Morgan fingerprint density at radius 2 is 2.40 bits per heavy atom. The van der Waals surface area contributed by atoms with Gasteiger partial charge in [0.25, 0.3) is 0 Å². The number of thiophene rings is 1. The lowest BCUT2D eigenvalue weighted by atomic mass is 10.4. The molecule has 2 aromatic heterocycles. The Bertz CT molecular complexity index is 535. The van der Waals surface area contributed by atoms with Gasteiger partial charge in [-0.3, -0.25) is 9.48 Å². The third kappa shape index (κ3) is 4.47. The van der Waals surface area contributed by atoms with Crippen LogP contribution in [0.5, 0.6) is 0 Å².